The van der Waals surface area contributed by atoms with E-state index < -0.39 is 6.09 Å². The van der Waals surface area contributed by atoms with E-state index in [0.29, 0.717) is 24.7 Å². The zero-order valence-corrected chi connectivity index (χ0v) is 15.7. The number of benzene rings is 1. The molecule has 0 aliphatic carbocycles. The molecule has 1 heterocycles. The molecular weight excluding hydrogens is 344 g/mol. The number of amides is 1. The number of carbonyl (C=O) groups is 1. The van der Waals surface area contributed by atoms with Gasteiger partial charge in [0.2, 0.25) is 0 Å². The Bertz CT molecular complexity index is 496. The van der Waals surface area contributed by atoms with E-state index in [1.165, 1.54) is 0 Å². The van der Waals surface area contributed by atoms with Gasteiger partial charge in [0.25, 0.3) is 0 Å². The average molecular weight is 373 g/mol. The maximum atomic E-state index is 12.0. The minimum Gasteiger partial charge on any atom is -0.491 e. The van der Waals surface area contributed by atoms with Gasteiger partial charge in [-0.1, -0.05) is 31.9 Å². The second-order valence-corrected chi connectivity index (χ2v) is 5.77. The molecule has 0 radical (unpaired) electrons. The van der Waals surface area contributed by atoms with Crippen LogP contribution in [0.3, 0.4) is 0 Å². The lowest BCUT2D eigenvalue weighted by molar-refractivity contribution is 0.0290. The summed E-state index contributed by atoms with van der Waals surface area (Å²) in [7, 11) is 0. The van der Waals surface area contributed by atoms with Crippen molar-refractivity contribution in [3.05, 3.63) is 24.3 Å². The molecule has 0 bridgehead atoms. The van der Waals surface area contributed by atoms with E-state index in [1.807, 2.05) is 24.3 Å². The van der Waals surface area contributed by atoms with Crippen LogP contribution in [0.25, 0.3) is 0 Å². The van der Waals surface area contributed by atoms with Crippen molar-refractivity contribution in [1.29, 1.82) is 0 Å². The first-order chi connectivity index (χ1) is 11.8. The summed E-state index contributed by atoms with van der Waals surface area (Å²) in [5.74, 6) is 0.679. The number of nitrogens with zero attached hydrogens (tertiary/aromatic N) is 1. The molecule has 1 N–H and O–H groups in total. The molecule has 0 atom stereocenters. The maximum absolute atomic E-state index is 12.0. The van der Waals surface area contributed by atoms with Gasteiger partial charge in [-0.25, -0.2) is 4.79 Å². The van der Waals surface area contributed by atoms with Gasteiger partial charge in [-0.3, -0.25) is 10.2 Å². The molecule has 0 aromatic heterocycles. The number of nitrogens with one attached hydrogen (secondary N) is 1. The predicted molar refractivity (Wildman–Crippen MR) is 101 cm³/mol. The van der Waals surface area contributed by atoms with Crippen LogP contribution in [0.5, 0.6) is 5.75 Å². The fourth-order valence-corrected chi connectivity index (χ4v) is 2.47. The van der Waals surface area contributed by atoms with E-state index in [2.05, 4.69) is 17.1 Å². The van der Waals surface area contributed by atoms with E-state index in [0.717, 1.165) is 52.1 Å². The van der Waals surface area contributed by atoms with Gasteiger partial charge in [0, 0.05) is 19.6 Å². The van der Waals surface area contributed by atoms with Crippen molar-refractivity contribution < 1.29 is 19.0 Å². The lowest BCUT2D eigenvalue weighted by Crippen LogP contribution is -2.38. The van der Waals surface area contributed by atoms with Crippen molar-refractivity contribution in [1.82, 2.24) is 4.90 Å². The minimum absolute atomic E-state index is 0. The van der Waals surface area contributed by atoms with Crippen molar-refractivity contribution in [2.24, 2.45) is 0 Å². The van der Waals surface area contributed by atoms with Crippen LogP contribution in [0.1, 0.15) is 26.2 Å². The highest BCUT2D eigenvalue weighted by atomic mass is 35.5. The number of morpholine rings is 1. The first-order valence-electron chi connectivity index (χ1n) is 8.75. The summed E-state index contributed by atoms with van der Waals surface area (Å²) in [5, 5.41) is 2.76. The van der Waals surface area contributed by atoms with Crippen molar-refractivity contribution in [2.45, 2.75) is 26.2 Å². The van der Waals surface area contributed by atoms with Crippen LogP contribution in [-0.4, -0.2) is 57.1 Å². The third-order valence-electron chi connectivity index (χ3n) is 3.87. The molecule has 7 heteroatoms. The summed E-state index contributed by atoms with van der Waals surface area (Å²) in [6.07, 6.45) is 2.85. The Kier molecular flexibility index (Phi) is 11.0. The molecule has 0 spiro atoms. The first kappa shape index (κ1) is 21.5. The van der Waals surface area contributed by atoms with Gasteiger partial charge in [-0.2, -0.15) is 0 Å². The van der Waals surface area contributed by atoms with Gasteiger partial charge in [-0.05, 0) is 18.6 Å². The van der Waals surface area contributed by atoms with Gasteiger partial charge in [0.05, 0.1) is 25.5 Å². The molecular formula is C18H29ClN2O4. The SMILES string of the molecule is CCCCCOc1ccccc1NC(=O)OCCN1CCOCC1.Cl. The van der Waals surface area contributed by atoms with Gasteiger partial charge >= 0.3 is 6.09 Å². The lowest BCUT2D eigenvalue weighted by atomic mass is 10.2. The second-order valence-electron chi connectivity index (χ2n) is 5.77. The number of carbonyl (C=O) groups excluding carboxylic acids is 1. The van der Waals surface area contributed by atoms with E-state index >= 15 is 0 Å². The molecule has 1 fully saturated rings. The van der Waals surface area contributed by atoms with Crippen LogP contribution in [0.4, 0.5) is 10.5 Å². The van der Waals surface area contributed by atoms with Crippen molar-refractivity contribution in [3.63, 3.8) is 0 Å². The molecule has 1 aromatic carbocycles. The number of hydrogen-bond donors (Lipinski definition) is 1. The van der Waals surface area contributed by atoms with Gasteiger partial charge in [-0.15, -0.1) is 12.4 Å². The number of halogens is 1. The third-order valence-corrected chi connectivity index (χ3v) is 3.87. The van der Waals surface area contributed by atoms with Gasteiger partial charge in [0.1, 0.15) is 12.4 Å². The van der Waals surface area contributed by atoms with E-state index in [4.69, 9.17) is 14.2 Å². The highest BCUT2D eigenvalue weighted by Gasteiger charge is 2.12. The molecule has 25 heavy (non-hydrogen) atoms. The van der Waals surface area contributed by atoms with Crippen LogP contribution >= 0.6 is 12.4 Å². The molecule has 0 saturated carbocycles. The zero-order valence-electron chi connectivity index (χ0n) is 14.9. The van der Waals surface area contributed by atoms with Gasteiger partial charge in [0.15, 0.2) is 0 Å². The summed E-state index contributed by atoms with van der Waals surface area (Å²) in [6, 6.07) is 7.43. The number of hydrogen-bond acceptors (Lipinski definition) is 5. The molecule has 6 nitrogen and oxygen atoms in total. The molecule has 2 rings (SSSR count). The Morgan fingerprint density at radius 3 is 2.72 bits per heavy atom. The second kappa shape index (κ2) is 12.8. The van der Waals surface area contributed by atoms with Crippen LogP contribution in [0.2, 0.25) is 0 Å². The Balaban J connectivity index is 0.00000312. The topological polar surface area (TPSA) is 60.0 Å². The number of anilines is 1. The molecule has 1 aromatic rings. The van der Waals surface area contributed by atoms with E-state index in [1.54, 1.807) is 0 Å². The van der Waals surface area contributed by atoms with Crippen molar-refractivity contribution in [3.8, 4) is 5.75 Å². The van der Waals surface area contributed by atoms with Crippen LogP contribution in [0.15, 0.2) is 24.3 Å². The quantitative estimate of drug-likeness (QED) is 0.671. The summed E-state index contributed by atoms with van der Waals surface area (Å²) in [5.41, 5.74) is 0.644. The van der Waals surface area contributed by atoms with Crippen molar-refractivity contribution in [2.75, 3.05) is 51.4 Å². The molecule has 1 saturated heterocycles. The highest BCUT2D eigenvalue weighted by Crippen LogP contribution is 2.24. The van der Waals surface area contributed by atoms with Crippen LogP contribution < -0.4 is 10.1 Å². The van der Waals surface area contributed by atoms with Crippen molar-refractivity contribution >= 4 is 24.2 Å². The normalized spacial score (nSPS) is 14.4. The Morgan fingerprint density at radius 2 is 1.96 bits per heavy atom. The molecule has 1 aliphatic rings. The molecule has 1 aliphatic heterocycles. The first-order valence-corrected chi connectivity index (χ1v) is 8.75. The lowest BCUT2D eigenvalue weighted by Gasteiger charge is -2.26. The molecule has 1 amide bonds. The third kappa shape index (κ3) is 8.43. The maximum Gasteiger partial charge on any atom is 0.411 e. The summed E-state index contributed by atoms with van der Waals surface area (Å²) >= 11 is 0. The zero-order chi connectivity index (χ0) is 17.0. The number of para-hydroxylation sites is 2. The molecule has 142 valence electrons. The average Bonchev–Trinajstić information content (AvgIpc) is 2.61. The summed E-state index contributed by atoms with van der Waals surface area (Å²) in [6.45, 7) is 7.17. The van der Waals surface area contributed by atoms with E-state index in [-0.39, 0.29) is 12.4 Å². The monoisotopic (exact) mass is 372 g/mol. The summed E-state index contributed by atoms with van der Waals surface area (Å²) in [4.78, 5) is 14.2. The van der Waals surface area contributed by atoms with Crippen LogP contribution in [0, 0.1) is 0 Å². The predicted octanol–water partition coefficient (Wildman–Crippen LogP) is 3.56. The number of rotatable bonds is 9. The van der Waals surface area contributed by atoms with Crippen LogP contribution in [-0.2, 0) is 9.47 Å². The smallest absolute Gasteiger partial charge is 0.411 e. The summed E-state index contributed by atoms with van der Waals surface area (Å²) < 4.78 is 16.3. The Hall–Kier alpha value is -1.50. The highest BCUT2D eigenvalue weighted by molar-refractivity contribution is 5.86. The minimum atomic E-state index is -0.451. The Morgan fingerprint density at radius 1 is 1.20 bits per heavy atom. The molecule has 0 unspecified atom stereocenters. The van der Waals surface area contributed by atoms with E-state index in [9.17, 15) is 4.79 Å². The number of ether oxygens (including phenoxy) is 3. The fourth-order valence-electron chi connectivity index (χ4n) is 2.47. The largest absolute Gasteiger partial charge is 0.491 e. The standard InChI is InChI=1S/C18H28N2O4.ClH/c1-2-3-6-12-23-17-8-5-4-7-16(17)19-18(21)24-15-11-20-9-13-22-14-10-20;/h4-5,7-8H,2-3,6,9-15H2,1H3,(H,19,21);1H. The Labute approximate surface area is 156 Å². The van der Waals surface area contributed by atoms with Gasteiger partial charge < -0.3 is 14.2 Å². The number of unbranched alkanes of at least 4 members (excludes halogenated alkanes) is 2. The fraction of sp³-hybridized carbons (Fsp3) is 0.611.